The van der Waals surface area contributed by atoms with Crippen molar-refractivity contribution in [3.05, 3.63) is 106 Å². The Morgan fingerprint density at radius 2 is 1.52 bits per heavy atom. The first-order chi connectivity index (χ1) is 12.7. The molecule has 0 aliphatic heterocycles. The summed E-state index contributed by atoms with van der Waals surface area (Å²) < 4.78 is 4.41. The van der Waals surface area contributed by atoms with Gasteiger partial charge in [0.25, 0.3) is 5.69 Å². The number of fused-ring (bicyclic) bond motifs is 1. The number of imidazole rings is 1. The molecule has 27 heavy (non-hydrogen) atoms. The Bertz CT molecular complexity index is 1060. The minimum Gasteiger partial charge on any atom is -1.00 e. The molecule has 4 aromatic rings. The number of benzene rings is 3. The Balaban J connectivity index is 0.00000210. The molecular formula is C21H18BrN3O2. The fraction of sp³-hybridized carbons (Fsp3) is 0.0952. The molecule has 0 aliphatic carbocycles. The van der Waals surface area contributed by atoms with Gasteiger partial charge in [-0.15, -0.1) is 0 Å². The number of nitro groups is 1. The van der Waals surface area contributed by atoms with Crippen LogP contribution in [0, 0.1) is 10.1 Å². The van der Waals surface area contributed by atoms with Crippen molar-refractivity contribution in [1.29, 1.82) is 0 Å². The lowest BCUT2D eigenvalue weighted by atomic mass is 10.2. The van der Waals surface area contributed by atoms with Gasteiger partial charge >= 0.3 is 0 Å². The maximum atomic E-state index is 10.8. The highest BCUT2D eigenvalue weighted by Crippen LogP contribution is 2.16. The van der Waals surface area contributed by atoms with Gasteiger partial charge in [-0.3, -0.25) is 10.1 Å². The largest absolute Gasteiger partial charge is 1.00 e. The zero-order chi connectivity index (χ0) is 17.9. The molecule has 0 unspecified atom stereocenters. The van der Waals surface area contributed by atoms with Gasteiger partial charge in [-0.1, -0.05) is 42.5 Å². The first-order valence-corrected chi connectivity index (χ1v) is 8.45. The number of nitrogens with zero attached hydrogens (tertiary/aromatic N) is 3. The van der Waals surface area contributed by atoms with Crippen LogP contribution in [0.25, 0.3) is 11.0 Å². The van der Waals surface area contributed by atoms with Crippen molar-refractivity contribution < 1.29 is 26.5 Å². The Morgan fingerprint density at radius 1 is 0.852 bits per heavy atom. The maximum absolute atomic E-state index is 10.8. The molecule has 1 aromatic heterocycles. The molecule has 5 nitrogen and oxygen atoms in total. The van der Waals surface area contributed by atoms with Crippen molar-refractivity contribution >= 4 is 16.7 Å². The molecule has 0 radical (unpaired) electrons. The highest BCUT2D eigenvalue weighted by atomic mass is 79.9. The molecule has 0 aliphatic rings. The van der Waals surface area contributed by atoms with Crippen molar-refractivity contribution in [3.8, 4) is 0 Å². The van der Waals surface area contributed by atoms with Crippen molar-refractivity contribution in [2.45, 2.75) is 13.1 Å². The molecule has 0 bridgehead atoms. The number of rotatable bonds is 5. The number of aromatic nitrogens is 2. The summed E-state index contributed by atoms with van der Waals surface area (Å²) in [5.41, 5.74) is 4.70. The summed E-state index contributed by atoms with van der Waals surface area (Å²) in [7, 11) is 0. The van der Waals surface area contributed by atoms with E-state index in [0.29, 0.717) is 6.54 Å². The van der Waals surface area contributed by atoms with Crippen LogP contribution >= 0.6 is 0 Å². The van der Waals surface area contributed by atoms with Gasteiger partial charge in [0.15, 0.2) is 11.0 Å². The molecule has 0 fully saturated rings. The molecule has 0 saturated heterocycles. The predicted molar refractivity (Wildman–Crippen MR) is 99.9 cm³/mol. The topological polar surface area (TPSA) is 52.0 Å². The van der Waals surface area contributed by atoms with Crippen molar-refractivity contribution in [2.75, 3.05) is 0 Å². The van der Waals surface area contributed by atoms with Crippen LogP contribution in [0.5, 0.6) is 0 Å². The molecule has 0 atom stereocenters. The number of hydrogen-bond donors (Lipinski definition) is 0. The van der Waals surface area contributed by atoms with Gasteiger partial charge in [0.2, 0.25) is 6.33 Å². The fourth-order valence-electron chi connectivity index (χ4n) is 3.19. The third-order valence-electron chi connectivity index (χ3n) is 4.48. The molecular weight excluding hydrogens is 406 g/mol. The summed E-state index contributed by atoms with van der Waals surface area (Å²) in [6.07, 6.45) is 2.11. The minimum absolute atomic E-state index is 0. The van der Waals surface area contributed by atoms with Gasteiger partial charge in [0.05, 0.1) is 4.92 Å². The Morgan fingerprint density at radius 3 is 2.22 bits per heavy atom. The third kappa shape index (κ3) is 4.06. The zero-order valence-corrected chi connectivity index (χ0v) is 16.1. The van der Waals surface area contributed by atoms with E-state index in [1.54, 1.807) is 12.1 Å². The van der Waals surface area contributed by atoms with Crippen LogP contribution in [-0.2, 0) is 13.1 Å². The van der Waals surface area contributed by atoms with Crippen LogP contribution in [-0.4, -0.2) is 9.49 Å². The quantitative estimate of drug-likeness (QED) is 0.272. The first-order valence-electron chi connectivity index (χ1n) is 8.45. The zero-order valence-electron chi connectivity index (χ0n) is 14.5. The molecule has 1 heterocycles. The fourth-order valence-corrected chi connectivity index (χ4v) is 3.19. The lowest BCUT2D eigenvalue weighted by Gasteiger charge is -1.99. The van der Waals surface area contributed by atoms with E-state index in [1.165, 1.54) is 11.1 Å². The smallest absolute Gasteiger partial charge is 0.269 e. The normalized spacial score (nSPS) is 10.5. The summed E-state index contributed by atoms with van der Waals surface area (Å²) in [6.45, 7) is 1.47. The van der Waals surface area contributed by atoms with Crippen LogP contribution < -0.4 is 21.5 Å². The molecule has 4 rings (SSSR count). The third-order valence-corrected chi connectivity index (χ3v) is 4.48. The minimum atomic E-state index is -0.372. The predicted octanol–water partition coefficient (Wildman–Crippen LogP) is 0.938. The molecule has 0 spiro atoms. The highest BCUT2D eigenvalue weighted by molar-refractivity contribution is 5.71. The van der Waals surface area contributed by atoms with Gasteiger partial charge in [-0.25, -0.2) is 9.13 Å². The summed E-state index contributed by atoms with van der Waals surface area (Å²) in [4.78, 5) is 10.4. The van der Waals surface area contributed by atoms with Gasteiger partial charge in [-0.05, 0) is 35.4 Å². The second-order valence-corrected chi connectivity index (χ2v) is 6.27. The standard InChI is InChI=1S/C21H18N3O2.BrH/c25-24(26)19-12-10-18(11-13-19)15-23-16-22(14-17-6-2-1-3-7-17)20-8-4-5-9-21(20)23;/h1-13,16H,14-15H2;1H/q+1;/p-1. The molecule has 136 valence electrons. The highest BCUT2D eigenvalue weighted by Gasteiger charge is 2.16. The summed E-state index contributed by atoms with van der Waals surface area (Å²) in [5, 5.41) is 10.8. The van der Waals surface area contributed by atoms with E-state index in [-0.39, 0.29) is 27.6 Å². The van der Waals surface area contributed by atoms with E-state index < -0.39 is 0 Å². The first kappa shape index (κ1) is 18.8. The van der Waals surface area contributed by atoms with Crippen molar-refractivity contribution in [3.63, 3.8) is 0 Å². The number of hydrogen-bond acceptors (Lipinski definition) is 2. The van der Waals surface area contributed by atoms with Crippen LogP contribution in [0.3, 0.4) is 0 Å². The molecule has 0 N–H and O–H groups in total. The molecule has 0 amide bonds. The van der Waals surface area contributed by atoms with Gasteiger partial charge in [-0.2, -0.15) is 0 Å². The van der Waals surface area contributed by atoms with Gasteiger partial charge in [0.1, 0.15) is 13.1 Å². The monoisotopic (exact) mass is 423 g/mol. The maximum Gasteiger partial charge on any atom is 0.269 e. The van der Waals surface area contributed by atoms with Crippen LogP contribution in [0.4, 0.5) is 5.69 Å². The van der Waals surface area contributed by atoms with E-state index in [4.69, 9.17) is 0 Å². The van der Waals surface area contributed by atoms with E-state index in [2.05, 4.69) is 39.7 Å². The summed E-state index contributed by atoms with van der Waals surface area (Å²) in [5.74, 6) is 0. The van der Waals surface area contributed by atoms with Gasteiger partial charge < -0.3 is 17.0 Å². The average Bonchev–Trinajstić information content (AvgIpc) is 3.01. The molecule has 3 aromatic carbocycles. The average molecular weight is 424 g/mol. The number of para-hydroxylation sites is 2. The second kappa shape index (κ2) is 8.14. The van der Waals surface area contributed by atoms with E-state index in [0.717, 1.165) is 17.6 Å². The van der Waals surface area contributed by atoms with Crippen LogP contribution in [0.15, 0.2) is 85.2 Å². The van der Waals surface area contributed by atoms with E-state index >= 15 is 0 Å². The van der Waals surface area contributed by atoms with Gasteiger partial charge in [0, 0.05) is 12.1 Å². The van der Waals surface area contributed by atoms with Crippen molar-refractivity contribution in [2.24, 2.45) is 0 Å². The van der Waals surface area contributed by atoms with Crippen molar-refractivity contribution in [1.82, 2.24) is 4.57 Å². The SMILES string of the molecule is O=[N+]([O-])c1ccc(Cn2c[n+](Cc3ccccc3)c3ccccc32)cc1.[Br-]. The Kier molecular flexibility index (Phi) is 5.66. The Labute approximate surface area is 167 Å². The Hall–Kier alpha value is -2.99. The molecule has 6 heteroatoms. The molecule has 0 saturated carbocycles. The summed E-state index contributed by atoms with van der Waals surface area (Å²) in [6, 6.07) is 25.4. The lowest BCUT2D eigenvalue weighted by molar-refractivity contribution is -0.663. The second-order valence-electron chi connectivity index (χ2n) is 6.27. The number of non-ortho nitro benzene ring substituents is 1. The van der Waals surface area contributed by atoms with Crippen LogP contribution in [0.1, 0.15) is 11.1 Å². The summed E-state index contributed by atoms with van der Waals surface area (Å²) >= 11 is 0. The lowest BCUT2D eigenvalue weighted by Crippen LogP contribution is -3.00. The van der Waals surface area contributed by atoms with E-state index in [9.17, 15) is 10.1 Å². The van der Waals surface area contributed by atoms with E-state index in [1.807, 2.05) is 42.5 Å². The number of nitro benzene ring substituents is 1. The van der Waals surface area contributed by atoms with Crippen LogP contribution in [0.2, 0.25) is 0 Å². The number of halogens is 1.